The first-order chi connectivity index (χ1) is 16.2. The fourth-order valence-corrected chi connectivity index (χ4v) is 4.93. The van der Waals surface area contributed by atoms with Crippen molar-refractivity contribution in [2.24, 2.45) is 11.8 Å². The van der Waals surface area contributed by atoms with Crippen molar-refractivity contribution in [2.75, 3.05) is 6.54 Å². The van der Waals surface area contributed by atoms with E-state index in [0.717, 1.165) is 28.9 Å². The van der Waals surface area contributed by atoms with Crippen LogP contribution < -0.4 is 0 Å². The molecule has 9 nitrogen and oxygen atoms in total. The van der Waals surface area contributed by atoms with Crippen LogP contribution in [0, 0.1) is 22.0 Å². The number of rotatable bonds is 6. The predicted octanol–water partition coefficient (Wildman–Crippen LogP) is 4.32. The minimum Gasteiger partial charge on any atom is -0.292 e. The zero-order chi connectivity index (χ0) is 24.6. The molecular formula is C23H19Cl2N3O6. The van der Waals surface area contributed by atoms with Gasteiger partial charge in [0.25, 0.3) is 23.4 Å². The van der Waals surface area contributed by atoms with Crippen LogP contribution in [0.25, 0.3) is 0 Å². The first-order valence-electron chi connectivity index (χ1n) is 10.6. The van der Waals surface area contributed by atoms with E-state index in [-0.39, 0.29) is 26.9 Å². The largest absolute Gasteiger partial charge is 0.292 e. The van der Waals surface area contributed by atoms with Gasteiger partial charge in [-0.05, 0) is 31.0 Å². The number of hydrazine groups is 1. The first-order valence-corrected chi connectivity index (χ1v) is 11.4. The molecule has 176 valence electrons. The smallest absolute Gasteiger partial charge is 0.274 e. The molecule has 0 radical (unpaired) electrons. The number of Topliss-reactive ketones (excluding diaryl/α,β-unsaturated/α-hetero) is 1. The third-order valence-corrected chi connectivity index (χ3v) is 6.68. The second kappa shape index (κ2) is 9.52. The molecule has 0 unspecified atom stereocenters. The number of benzene rings is 2. The Bertz CT molecular complexity index is 1190. The Kier molecular flexibility index (Phi) is 6.67. The summed E-state index contributed by atoms with van der Waals surface area (Å²) in [5.74, 6) is -3.70. The Morgan fingerprint density at radius 1 is 1.03 bits per heavy atom. The van der Waals surface area contributed by atoms with Crippen molar-refractivity contribution >= 4 is 52.4 Å². The van der Waals surface area contributed by atoms with Gasteiger partial charge >= 0.3 is 0 Å². The number of nitrogens with zero attached hydrogens (tertiary/aromatic N) is 3. The quantitative estimate of drug-likeness (QED) is 0.250. The molecule has 1 aliphatic carbocycles. The van der Waals surface area contributed by atoms with Crippen LogP contribution in [-0.4, -0.2) is 45.0 Å². The van der Waals surface area contributed by atoms with Crippen LogP contribution in [0.2, 0.25) is 10.0 Å². The van der Waals surface area contributed by atoms with Crippen LogP contribution in [0.3, 0.4) is 0 Å². The normalized spacial score (nSPS) is 19.6. The van der Waals surface area contributed by atoms with Crippen LogP contribution in [0.1, 0.15) is 46.4 Å². The van der Waals surface area contributed by atoms with E-state index in [2.05, 4.69) is 0 Å². The third-order valence-electron chi connectivity index (χ3n) is 6.13. The number of fused-ring (bicyclic) bond motifs is 1. The maximum Gasteiger partial charge on any atom is 0.274 e. The predicted molar refractivity (Wildman–Crippen MR) is 122 cm³/mol. The van der Waals surface area contributed by atoms with E-state index in [0.29, 0.717) is 12.8 Å². The summed E-state index contributed by atoms with van der Waals surface area (Å²) in [4.78, 5) is 63.4. The van der Waals surface area contributed by atoms with Crippen molar-refractivity contribution in [3.8, 4) is 0 Å². The average molecular weight is 504 g/mol. The standard InChI is InChI=1S/C23H19Cl2N3O6/c24-14-8-9-18(19(25)11-14)21(30)26(12-20(29)13-4-3-5-15(10-13)28(33)34)27-22(31)16-6-1-2-7-17(16)23(27)32/h3-5,8-11,16-17H,1-2,6-7,12H2/t16-,17-/m1/s1. The average Bonchev–Trinajstić information content (AvgIpc) is 3.07. The van der Waals surface area contributed by atoms with Crippen molar-refractivity contribution in [3.05, 3.63) is 73.8 Å². The summed E-state index contributed by atoms with van der Waals surface area (Å²) in [6, 6.07) is 9.11. The van der Waals surface area contributed by atoms with Gasteiger partial charge in [-0.3, -0.25) is 29.3 Å². The molecule has 0 spiro atoms. The summed E-state index contributed by atoms with van der Waals surface area (Å²) in [5.41, 5.74) is -0.386. The number of hydrogen-bond donors (Lipinski definition) is 0. The fraction of sp³-hybridized carbons (Fsp3) is 0.304. The summed E-state index contributed by atoms with van der Waals surface area (Å²) in [6.45, 7) is -0.685. The van der Waals surface area contributed by atoms with Crippen LogP contribution in [0.5, 0.6) is 0 Å². The van der Waals surface area contributed by atoms with Crippen LogP contribution in [-0.2, 0) is 9.59 Å². The Morgan fingerprint density at radius 2 is 1.68 bits per heavy atom. The SMILES string of the molecule is O=C(CN(C(=O)c1ccc(Cl)cc1Cl)N1C(=O)[C@@H]2CCCC[C@H]2C1=O)c1cccc([N+](=O)[O-])c1. The Labute approximate surface area is 204 Å². The van der Waals surface area contributed by atoms with E-state index < -0.39 is 46.8 Å². The van der Waals surface area contributed by atoms with Crippen LogP contribution >= 0.6 is 23.2 Å². The molecule has 1 saturated heterocycles. The molecule has 1 aliphatic heterocycles. The molecule has 34 heavy (non-hydrogen) atoms. The number of imide groups is 1. The van der Waals surface area contributed by atoms with Crippen molar-refractivity contribution in [3.63, 3.8) is 0 Å². The number of amides is 3. The van der Waals surface area contributed by atoms with Gasteiger partial charge < -0.3 is 0 Å². The van der Waals surface area contributed by atoms with Crippen LogP contribution in [0.4, 0.5) is 5.69 Å². The van der Waals surface area contributed by atoms with Gasteiger partial charge in [0.1, 0.15) is 6.54 Å². The highest BCUT2D eigenvalue weighted by molar-refractivity contribution is 6.36. The lowest BCUT2D eigenvalue weighted by Gasteiger charge is -2.30. The number of ketones is 1. The summed E-state index contributed by atoms with van der Waals surface area (Å²) in [6.07, 6.45) is 2.62. The monoisotopic (exact) mass is 503 g/mol. The third kappa shape index (κ3) is 4.41. The summed E-state index contributed by atoms with van der Waals surface area (Å²) >= 11 is 12.1. The minimum absolute atomic E-state index is 0.0122. The highest BCUT2D eigenvalue weighted by Gasteiger charge is 2.52. The number of carbonyl (C=O) groups is 4. The van der Waals surface area contributed by atoms with E-state index in [1.807, 2.05) is 0 Å². The Morgan fingerprint density at radius 3 is 2.26 bits per heavy atom. The maximum atomic E-state index is 13.5. The lowest BCUT2D eigenvalue weighted by atomic mass is 9.81. The second-order valence-electron chi connectivity index (χ2n) is 8.20. The Balaban J connectivity index is 1.72. The molecule has 3 amide bonds. The lowest BCUT2D eigenvalue weighted by Crippen LogP contribution is -2.52. The van der Waals surface area contributed by atoms with Gasteiger partial charge in [0.2, 0.25) is 0 Å². The molecule has 2 aromatic rings. The number of hydrogen-bond acceptors (Lipinski definition) is 6. The zero-order valence-corrected chi connectivity index (χ0v) is 19.3. The molecule has 0 bridgehead atoms. The van der Waals surface area contributed by atoms with Crippen molar-refractivity contribution in [1.29, 1.82) is 0 Å². The summed E-state index contributed by atoms with van der Waals surface area (Å²) in [5, 5.41) is 12.9. The van der Waals surface area contributed by atoms with E-state index in [1.165, 1.54) is 36.4 Å². The summed E-state index contributed by atoms with van der Waals surface area (Å²) in [7, 11) is 0. The number of carbonyl (C=O) groups excluding carboxylic acids is 4. The molecule has 1 heterocycles. The van der Waals surface area contributed by atoms with E-state index in [1.54, 1.807) is 0 Å². The molecule has 4 rings (SSSR count). The molecule has 2 aromatic carbocycles. The van der Waals surface area contributed by atoms with Gasteiger partial charge in [0, 0.05) is 22.7 Å². The van der Waals surface area contributed by atoms with E-state index in [9.17, 15) is 29.3 Å². The zero-order valence-electron chi connectivity index (χ0n) is 17.8. The van der Waals surface area contributed by atoms with Gasteiger partial charge in [0.15, 0.2) is 5.78 Å². The van der Waals surface area contributed by atoms with Gasteiger partial charge in [-0.2, -0.15) is 5.01 Å². The molecule has 2 aliphatic rings. The van der Waals surface area contributed by atoms with Crippen molar-refractivity contribution in [1.82, 2.24) is 10.0 Å². The van der Waals surface area contributed by atoms with Gasteiger partial charge in [-0.15, -0.1) is 0 Å². The van der Waals surface area contributed by atoms with Crippen molar-refractivity contribution in [2.45, 2.75) is 25.7 Å². The van der Waals surface area contributed by atoms with Gasteiger partial charge in [0.05, 0.1) is 27.3 Å². The van der Waals surface area contributed by atoms with E-state index >= 15 is 0 Å². The minimum atomic E-state index is -0.833. The number of nitro groups is 1. The molecule has 0 N–H and O–H groups in total. The number of halogens is 2. The second-order valence-corrected chi connectivity index (χ2v) is 9.05. The van der Waals surface area contributed by atoms with Crippen LogP contribution in [0.15, 0.2) is 42.5 Å². The molecule has 1 saturated carbocycles. The van der Waals surface area contributed by atoms with Gasteiger partial charge in [-0.1, -0.05) is 48.2 Å². The topological polar surface area (TPSA) is 118 Å². The summed E-state index contributed by atoms with van der Waals surface area (Å²) < 4.78 is 0. The Hall–Kier alpha value is -3.30. The maximum absolute atomic E-state index is 13.5. The number of non-ortho nitro benzene ring substituents is 1. The number of nitro benzene ring substituents is 1. The molecular weight excluding hydrogens is 485 g/mol. The molecule has 0 aromatic heterocycles. The molecule has 2 atom stereocenters. The first kappa shape index (κ1) is 23.8. The molecule has 11 heteroatoms. The highest BCUT2D eigenvalue weighted by atomic mass is 35.5. The van der Waals surface area contributed by atoms with E-state index in [4.69, 9.17) is 23.2 Å². The molecule has 2 fully saturated rings. The lowest BCUT2D eigenvalue weighted by molar-refractivity contribution is -0.384. The van der Waals surface area contributed by atoms with Gasteiger partial charge in [-0.25, -0.2) is 5.01 Å². The highest BCUT2D eigenvalue weighted by Crippen LogP contribution is 2.39. The fourth-order valence-electron chi connectivity index (χ4n) is 4.44. The van der Waals surface area contributed by atoms with Crippen molar-refractivity contribution < 1.29 is 24.1 Å².